The maximum atomic E-state index is 11.7. The molecule has 1 aliphatic carbocycles. The molecule has 4 heteroatoms. The van der Waals surface area contributed by atoms with Crippen molar-refractivity contribution in [1.82, 2.24) is 5.32 Å². The summed E-state index contributed by atoms with van der Waals surface area (Å²) in [5.74, 6) is 0.454. The summed E-state index contributed by atoms with van der Waals surface area (Å²) in [7, 11) is 0. The van der Waals surface area contributed by atoms with Crippen molar-refractivity contribution in [2.45, 2.75) is 51.5 Å². The largest absolute Gasteiger partial charge is 0.372 e. The summed E-state index contributed by atoms with van der Waals surface area (Å²) >= 11 is 0. The lowest BCUT2D eigenvalue weighted by Crippen LogP contribution is -2.45. The van der Waals surface area contributed by atoms with Crippen LogP contribution >= 0.6 is 0 Å². The minimum atomic E-state index is 0.00598. The van der Waals surface area contributed by atoms with Crippen LogP contribution in [-0.2, 0) is 9.53 Å². The molecule has 4 nitrogen and oxygen atoms in total. The Morgan fingerprint density at radius 3 is 2.88 bits per heavy atom. The second-order valence-corrected chi connectivity index (χ2v) is 4.86. The Labute approximate surface area is 104 Å². The third kappa shape index (κ3) is 5.50. The van der Waals surface area contributed by atoms with Gasteiger partial charge in [0.25, 0.3) is 0 Å². The van der Waals surface area contributed by atoms with Gasteiger partial charge in [-0.15, -0.1) is 0 Å². The summed E-state index contributed by atoms with van der Waals surface area (Å²) in [6.45, 7) is 3.64. The van der Waals surface area contributed by atoms with Crippen LogP contribution in [0.4, 0.5) is 0 Å². The van der Waals surface area contributed by atoms with Crippen molar-refractivity contribution in [1.29, 1.82) is 0 Å². The highest BCUT2D eigenvalue weighted by Gasteiger charge is 2.25. The van der Waals surface area contributed by atoms with Gasteiger partial charge in [0, 0.05) is 12.6 Å². The molecule has 0 bridgehead atoms. The number of nitrogens with two attached hydrogens (primary N) is 1. The molecule has 1 aliphatic rings. The van der Waals surface area contributed by atoms with Crippen LogP contribution in [-0.4, -0.2) is 31.7 Å². The number of hydrogen-bond acceptors (Lipinski definition) is 3. The predicted octanol–water partition coefficient (Wildman–Crippen LogP) is 1.44. The number of amides is 1. The summed E-state index contributed by atoms with van der Waals surface area (Å²) in [6.07, 6.45) is 6.74. The van der Waals surface area contributed by atoms with E-state index in [-0.39, 0.29) is 18.6 Å². The van der Waals surface area contributed by atoms with E-state index < -0.39 is 0 Å². The van der Waals surface area contributed by atoms with Gasteiger partial charge in [-0.1, -0.05) is 26.2 Å². The topological polar surface area (TPSA) is 64.3 Å². The number of nitrogens with one attached hydrogen (secondary N) is 1. The van der Waals surface area contributed by atoms with Gasteiger partial charge in [0.15, 0.2) is 0 Å². The van der Waals surface area contributed by atoms with E-state index in [2.05, 4.69) is 12.2 Å². The normalized spacial score (nSPS) is 24.6. The first kappa shape index (κ1) is 14.5. The van der Waals surface area contributed by atoms with Gasteiger partial charge in [-0.2, -0.15) is 0 Å². The predicted molar refractivity (Wildman–Crippen MR) is 68.7 cm³/mol. The lowest BCUT2D eigenvalue weighted by Gasteiger charge is -2.31. The van der Waals surface area contributed by atoms with Gasteiger partial charge in [-0.05, 0) is 31.7 Å². The van der Waals surface area contributed by atoms with Crippen LogP contribution in [0.5, 0.6) is 0 Å². The van der Waals surface area contributed by atoms with Gasteiger partial charge in [0.05, 0.1) is 0 Å². The molecular weight excluding hydrogens is 216 g/mol. The first-order chi connectivity index (χ1) is 8.27. The van der Waals surface area contributed by atoms with Crippen LogP contribution in [0, 0.1) is 5.92 Å². The van der Waals surface area contributed by atoms with E-state index >= 15 is 0 Å². The van der Waals surface area contributed by atoms with E-state index in [1.807, 2.05) is 0 Å². The van der Waals surface area contributed by atoms with Crippen molar-refractivity contribution in [3.8, 4) is 0 Å². The molecule has 0 aromatic rings. The molecular formula is C13H26N2O2. The van der Waals surface area contributed by atoms with E-state index in [4.69, 9.17) is 10.5 Å². The molecule has 1 saturated carbocycles. The molecule has 0 aromatic heterocycles. The third-order valence-corrected chi connectivity index (χ3v) is 3.43. The molecule has 17 heavy (non-hydrogen) atoms. The van der Waals surface area contributed by atoms with Gasteiger partial charge in [0.1, 0.15) is 6.61 Å². The Hall–Kier alpha value is -0.610. The van der Waals surface area contributed by atoms with Gasteiger partial charge >= 0.3 is 0 Å². The number of carbonyl (C=O) groups is 1. The molecule has 0 aliphatic heterocycles. The summed E-state index contributed by atoms with van der Waals surface area (Å²) in [5.41, 5.74) is 5.73. The van der Waals surface area contributed by atoms with Crippen molar-refractivity contribution in [2.24, 2.45) is 11.7 Å². The number of unbranched alkanes of at least 4 members (excludes halogenated alkanes) is 1. The summed E-state index contributed by atoms with van der Waals surface area (Å²) in [4.78, 5) is 11.7. The van der Waals surface area contributed by atoms with Crippen molar-refractivity contribution in [3.05, 3.63) is 0 Å². The summed E-state index contributed by atoms with van der Waals surface area (Å²) in [5, 5.41) is 3.05. The SMILES string of the molecule is CCCCOCC(=O)NC1CCCCC1CN. The minimum Gasteiger partial charge on any atom is -0.372 e. The van der Waals surface area contributed by atoms with E-state index in [1.165, 1.54) is 12.8 Å². The average molecular weight is 242 g/mol. The van der Waals surface area contributed by atoms with Gasteiger partial charge in [-0.25, -0.2) is 0 Å². The highest BCUT2D eigenvalue weighted by atomic mass is 16.5. The number of hydrogen-bond donors (Lipinski definition) is 2. The van der Waals surface area contributed by atoms with Crippen molar-refractivity contribution in [2.75, 3.05) is 19.8 Å². The number of carbonyl (C=O) groups excluding carboxylic acids is 1. The molecule has 1 rings (SSSR count). The van der Waals surface area contributed by atoms with Crippen molar-refractivity contribution >= 4 is 5.91 Å². The molecule has 2 atom stereocenters. The number of rotatable bonds is 7. The Balaban J connectivity index is 2.19. The van der Waals surface area contributed by atoms with Crippen LogP contribution < -0.4 is 11.1 Å². The molecule has 3 N–H and O–H groups in total. The second kappa shape index (κ2) is 8.48. The smallest absolute Gasteiger partial charge is 0.246 e. The Morgan fingerprint density at radius 1 is 1.41 bits per heavy atom. The van der Waals surface area contributed by atoms with Gasteiger partial charge < -0.3 is 15.8 Å². The summed E-state index contributed by atoms with van der Waals surface area (Å²) in [6, 6.07) is 0.260. The molecule has 1 amide bonds. The maximum Gasteiger partial charge on any atom is 0.246 e. The van der Waals surface area contributed by atoms with Crippen LogP contribution in [0.3, 0.4) is 0 Å². The Bertz CT molecular complexity index is 221. The van der Waals surface area contributed by atoms with Crippen molar-refractivity contribution in [3.63, 3.8) is 0 Å². The van der Waals surface area contributed by atoms with Crippen LogP contribution in [0.2, 0.25) is 0 Å². The molecule has 0 aromatic carbocycles. The van der Waals surface area contributed by atoms with Gasteiger partial charge in [0.2, 0.25) is 5.91 Å². The quantitative estimate of drug-likeness (QED) is 0.664. The lowest BCUT2D eigenvalue weighted by molar-refractivity contribution is -0.127. The van der Waals surface area contributed by atoms with Crippen LogP contribution in [0.1, 0.15) is 45.4 Å². The van der Waals surface area contributed by atoms with E-state index in [1.54, 1.807) is 0 Å². The molecule has 0 heterocycles. The lowest BCUT2D eigenvalue weighted by atomic mass is 9.84. The highest BCUT2D eigenvalue weighted by Crippen LogP contribution is 2.23. The zero-order valence-electron chi connectivity index (χ0n) is 10.9. The first-order valence-electron chi connectivity index (χ1n) is 6.85. The monoisotopic (exact) mass is 242 g/mol. The maximum absolute atomic E-state index is 11.7. The standard InChI is InChI=1S/C13H26N2O2/c1-2-3-8-17-10-13(16)15-12-7-5-4-6-11(12)9-14/h11-12H,2-10,14H2,1H3,(H,15,16). The van der Waals surface area contributed by atoms with Gasteiger partial charge in [-0.3, -0.25) is 4.79 Å². The molecule has 2 unspecified atom stereocenters. The fourth-order valence-electron chi connectivity index (χ4n) is 2.34. The Morgan fingerprint density at radius 2 is 2.18 bits per heavy atom. The second-order valence-electron chi connectivity index (χ2n) is 4.86. The van der Waals surface area contributed by atoms with E-state index in [9.17, 15) is 4.79 Å². The Kier molecular flexibility index (Phi) is 7.21. The molecule has 0 spiro atoms. The molecule has 0 saturated heterocycles. The molecule has 1 fully saturated rings. The zero-order chi connectivity index (χ0) is 12.5. The summed E-state index contributed by atoms with van der Waals surface area (Å²) < 4.78 is 5.30. The minimum absolute atomic E-state index is 0.00598. The van der Waals surface area contributed by atoms with E-state index in [0.717, 1.165) is 25.7 Å². The molecule has 100 valence electrons. The fourth-order valence-corrected chi connectivity index (χ4v) is 2.34. The third-order valence-electron chi connectivity index (χ3n) is 3.43. The highest BCUT2D eigenvalue weighted by molar-refractivity contribution is 5.77. The van der Waals surface area contributed by atoms with Crippen molar-refractivity contribution < 1.29 is 9.53 Å². The zero-order valence-corrected chi connectivity index (χ0v) is 10.9. The average Bonchev–Trinajstić information content (AvgIpc) is 2.35. The first-order valence-corrected chi connectivity index (χ1v) is 6.85. The molecule has 0 radical (unpaired) electrons. The van der Waals surface area contributed by atoms with Crippen LogP contribution in [0.25, 0.3) is 0 Å². The van der Waals surface area contributed by atoms with Crippen LogP contribution in [0.15, 0.2) is 0 Å². The fraction of sp³-hybridized carbons (Fsp3) is 0.923. The van der Waals surface area contributed by atoms with E-state index in [0.29, 0.717) is 19.1 Å². The number of ether oxygens (including phenoxy) is 1.